The zero-order valence-corrected chi connectivity index (χ0v) is 23.8. The van der Waals surface area contributed by atoms with Crippen LogP contribution < -0.4 is 10.9 Å². The summed E-state index contributed by atoms with van der Waals surface area (Å²) in [5, 5.41) is 6.60. The molecule has 3 aromatic rings. The molecule has 7 rings (SSSR count). The average Bonchev–Trinajstić information content (AvgIpc) is 3.15. The van der Waals surface area contributed by atoms with Crippen molar-refractivity contribution in [2.45, 2.75) is 77.6 Å². The largest absolute Gasteiger partial charge is 0.354 e. The van der Waals surface area contributed by atoms with Crippen LogP contribution in [0, 0.1) is 23.2 Å². The van der Waals surface area contributed by atoms with E-state index in [1.165, 1.54) is 44.1 Å². The van der Waals surface area contributed by atoms with E-state index in [-0.39, 0.29) is 16.4 Å². The Hall–Kier alpha value is -2.67. The molecule has 4 aliphatic carbocycles. The lowest BCUT2D eigenvalue weighted by Crippen LogP contribution is -2.47. The van der Waals surface area contributed by atoms with E-state index in [1.807, 2.05) is 0 Å². The van der Waals surface area contributed by atoms with Crippen LogP contribution in [0.2, 0.25) is 0 Å². The van der Waals surface area contributed by atoms with Gasteiger partial charge in [-0.25, -0.2) is 9.50 Å². The van der Waals surface area contributed by atoms with Gasteiger partial charge in [0.1, 0.15) is 0 Å². The second kappa shape index (κ2) is 9.51. The van der Waals surface area contributed by atoms with Crippen LogP contribution in [-0.4, -0.2) is 51.7 Å². The van der Waals surface area contributed by atoms with Gasteiger partial charge in [0.2, 0.25) is 5.95 Å². The van der Waals surface area contributed by atoms with Gasteiger partial charge < -0.3 is 10.2 Å². The summed E-state index contributed by atoms with van der Waals surface area (Å²) in [5.41, 5.74) is 4.19. The molecule has 7 heteroatoms. The molecular formula is C31H44N6O. The van der Waals surface area contributed by atoms with Gasteiger partial charge in [-0.1, -0.05) is 45.0 Å². The Morgan fingerprint density at radius 1 is 1.03 bits per heavy atom. The Labute approximate surface area is 226 Å². The molecule has 4 saturated carbocycles. The topological polar surface area (TPSA) is 78.3 Å². The van der Waals surface area contributed by atoms with Crippen molar-refractivity contribution in [2.75, 3.05) is 32.5 Å². The van der Waals surface area contributed by atoms with Crippen LogP contribution in [0.3, 0.4) is 0 Å². The molecule has 2 N–H and O–H groups in total. The minimum absolute atomic E-state index is 0.00776. The normalized spacial score (nSPS) is 26.5. The summed E-state index contributed by atoms with van der Waals surface area (Å²) in [4.78, 5) is 25.6. The molecule has 0 unspecified atom stereocenters. The average molecular weight is 517 g/mol. The zero-order chi connectivity index (χ0) is 26.7. The van der Waals surface area contributed by atoms with E-state index < -0.39 is 0 Å². The molecule has 2 heterocycles. The third-order valence-corrected chi connectivity index (χ3v) is 9.40. The quantitative estimate of drug-likeness (QED) is 0.386. The summed E-state index contributed by atoms with van der Waals surface area (Å²) < 4.78 is 1.81. The summed E-state index contributed by atoms with van der Waals surface area (Å²) in [6.45, 7) is 8.44. The van der Waals surface area contributed by atoms with E-state index in [4.69, 9.17) is 9.97 Å². The Morgan fingerprint density at radius 3 is 2.24 bits per heavy atom. The Balaban J connectivity index is 1.38. The molecule has 38 heavy (non-hydrogen) atoms. The standard InChI is InChI=1S/C31H44N6O/c1-30(2,3)24-9-7-23(8-10-24)26-33-27-25(19-31-16-20-13-21(17-31)15-22(14-20)18-31)28(38)35-37(27)29(34-26)32-11-6-12-36(4)5/h7-10,20-22H,6,11-19H2,1-5H3,(H,35,38)(H,32,33,34). The number of hydrogen-bond acceptors (Lipinski definition) is 5. The molecule has 0 spiro atoms. The van der Waals surface area contributed by atoms with Crippen molar-refractivity contribution < 1.29 is 0 Å². The number of rotatable bonds is 8. The van der Waals surface area contributed by atoms with Crippen molar-refractivity contribution >= 4 is 11.6 Å². The van der Waals surface area contributed by atoms with E-state index in [9.17, 15) is 4.79 Å². The third kappa shape index (κ3) is 4.90. The van der Waals surface area contributed by atoms with E-state index in [0.29, 0.717) is 11.8 Å². The van der Waals surface area contributed by atoms with Gasteiger partial charge in [0.25, 0.3) is 5.56 Å². The summed E-state index contributed by atoms with van der Waals surface area (Å²) in [6, 6.07) is 8.58. The molecular weight excluding hydrogens is 472 g/mol. The van der Waals surface area contributed by atoms with Crippen molar-refractivity contribution in [1.29, 1.82) is 0 Å². The highest BCUT2D eigenvalue weighted by Crippen LogP contribution is 2.61. The second-order valence-electron chi connectivity index (χ2n) is 14.0. The van der Waals surface area contributed by atoms with Crippen LogP contribution in [0.5, 0.6) is 0 Å². The minimum atomic E-state index is -0.00776. The maximum atomic E-state index is 13.5. The summed E-state index contributed by atoms with van der Waals surface area (Å²) in [7, 11) is 4.17. The van der Waals surface area contributed by atoms with Gasteiger partial charge in [0.05, 0.1) is 5.56 Å². The molecule has 2 aromatic heterocycles. The molecule has 4 fully saturated rings. The first-order valence-electron chi connectivity index (χ1n) is 14.6. The van der Waals surface area contributed by atoms with Crippen molar-refractivity contribution in [3.63, 3.8) is 0 Å². The number of H-pyrrole nitrogens is 1. The van der Waals surface area contributed by atoms with E-state index in [1.54, 1.807) is 4.52 Å². The van der Waals surface area contributed by atoms with E-state index in [0.717, 1.165) is 60.5 Å². The Morgan fingerprint density at radius 2 is 1.66 bits per heavy atom. The fourth-order valence-corrected chi connectivity index (χ4v) is 8.01. The monoisotopic (exact) mass is 516 g/mol. The van der Waals surface area contributed by atoms with Gasteiger partial charge in [0, 0.05) is 12.1 Å². The molecule has 0 atom stereocenters. The van der Waals surface area contributed by atoms with Crippen LogP contribution in [-0.2, 0) is 11.8 Å². The van der Waals surface area contributed by atoms with E-state index in [2.05, 4.69) is 74.4 Å². The third-order valence-electron chi connectivity index (χ3n) is 9.40. The SMILES string of the molecule is CN(C)CCCNc1nc(-c2ccc(C(C)(C)C)cc2)nc2c(CC34CC5CC(CC(C5)C3)C4)c(=O)[nH]n12. The van der Waals surface area contributed by atoms with Crippen LogP contribution in [0.15, 0.2) is 29.1 Å². The molecule has 0 aliphatic heterocycles. The van der Waals surface area contributed by atoms with Crippen molar-refractivity contribution in [3.8, 4) is 11.4 Å². The molecule has 0 saturated heterocycles. The number of benzene rings is 1. The maximum absolute atomic E-state index is 13.5. The van der Waals surface area contributed by atoms with Gasteiger partial charge in [0.15, 0.2) is 11.5 Å². The van der Waals surface area contributed by atoms with Crippen LogP contribution in [0.4, 0.5) is 5.95 Å². The molecule has 4 bridgehead atoms. The smallest absolute Gasteiger partial charge is 0.270 e. The van der Waals surface area contributed by atoms with Crippen LogP contribution in [0.1, 0.15) is 76.8 Å². The van der Waals surface area contributed by atoms with Crippen molar-refractivity contribution in [3.05, 3.63) is 45.7 Å². The molecule has 7 nitrogen and oxygen atoms in total. The first kappa shape index (κ1) is 25.6. The van der Waals surface area contributed by atoms with Gasteiger partial charge in [-0.2, -0.15) is 4.98 Å². The molecule has 0 amide bonds. The highest BCUT2D eigenvalue weighted by molar-refractivity contribution is 5.62. The van der Waals surface area contributed by atoms with Gasteiger partial charge in [-0.05, 0) is 106 Å². The lowest BCUT2D eigenvalue weighted by atomic mass is 9.48. The fourth-order valence-electron chi connectivity index (χ4n) is 8.01. The molecule has 4 aliphatic rings. The second-order valence-corrected chi connectivity index (χ2v) is 14.0. The van der Waals surface area contributed by atoms with Crippen LogP contribution in [0.25, 0.3) is 17.0 Å². The predicted octanol–water partition coefficient (Wildman–Crippen LogP) is 5.50. The number of nitrogens with one attached hydrogen (secondary N) is 2. The Bertz CT molecular complexity index is 1320. The fraction of sp³-hybridized carbons (Fsp3) is 0.645. The van der Waals surface area contributed by atoms with Gasteiger partial charge in [-0.15, -0.1) is 0 Å². The molecule has 0 radical (unpaired) electrons. The van der Waals surface area contributed by atoms with Gasteiger partial charge in [-0.3, -0.25) is 9.89 Å². The number of aromatic amines is 1. The van der Waals surface area contributed by atoms with Crippen molar-refractivity contribution in [2.24, 2.45) is 23.2 Å². The lowest BCUT2D eigenvalue weighted by molar-refractivity contribution is -0.0521. The number of anilines is 1. The van der Waals surface area contributed by atoms with Crippen LogP contribution >= 0.6 is 0 Å². The summed E-state index contributed by atoms with van der Waals surface area (Å²) in [5.74, 6) is 3.91. The predicted molar refractivity (Wildman–Crippen MR) is 154 cm³/mol. The summed E-state index contributed by atoms with van der Waals surface area (Å²) in [6.07, 6.45) is 9.87. The zero-order valence-electron chi connectivity index (χ0n) is 23.8. The number of aromatic nitrogens is 4. The number of hydrogen-bond donors (Lipinski definition) is 2. The minimum Gasteiger partial charge on any atom is -0.354 e. The van der Waals surface area contributed by atoms with Crippen molar-refractivity contribution in [1.82, 2.24) is 24.5 Å². The number of fused-ring (bicyclic) bond motifs is 1. The summed E-state index contributed by atoms with van der Waals surface area (Å²) >= 11 is 0. The maximum Gasteiger partial charge on any atom is 0.270 e. The molecule has 204 valence electrons. The van der Waals surface area contributed by atoms with E-state index >= 15 is 0 Å². The highest BCUT2D eigenvalue weighted by Gasteiger charge is 2.51. The highest BCUT2D eigenvalue weighted by atomic mass is 16.1. The number of nitrogens with zero attached hydrogens (tertiary/aromatic N) is 4. The first-order chi connectivity index (χ1) is 18.1. The first-order valence-corrected chi connectivity index (χ1v) is 14.6. The lowest BCUT2D eigenvalue weighted by Gasteiger charge is -2.57. The Kier molecular flexibility index (Phi) is 6.41. The molecule has 1 aromatic carbocycles. The van der Waals surface area contributed by atoms with Gasteiger partial charge >= 0.3 is 0 Å².